The monoisotopic (exact) mass is 457 g/mol. The summed E-state index contributed by atoms with van der Waals surface area (Å²) in [5.74, 6) is 0.0638. The van der Waals surface area contributed by atoms with Crippen LogP contribution in [0, 0.1) is 0 Å². The molecule has 1 aliphatic carbocycles. The van der Waals surface area contributed by atoms with Gasteiger partial charge < -0.3 is 0 Å². The Kier molecular flexibility index (Phi) is 6.00. The Morgan fingerprint density at radius 1 is 0.600 bits per heavy atom. The SMILES string of the molecule is C/C(=N/[N+](C)(C)C)[C@@H](c1ccccc1)C1(c2ccccc2)C(c2ccccc2)=C1c1ccccc1. The summed E-state index contributed by atoms with van der Waals surface area (Å²) in [6.45, 7) is 2.20. The highest BCUT2D eigenvalue weighted by atomic mass is 15.6. The van der Waals surface area contributed by atoms with Gasteiger partial charge in [-0.25, -0.2) is 4.59 Å². The van der Waals surface area contributed by atoms with Crippen molar-refractivity contribution in [3.05, 3.63) is 144 Å². The Morgan fingerprint density at radius 2 is 1.00 bits per heavy atom. The van der Waals surface area contributed by atoms with Crippen molar-refractivity contribution < 1.29 is 4.59 Å². The van der Waals surface area contributed by atoms with Crippen LogP contribution < -0.4 is 0 Å². The highest BCUT2D eigenvalue weighted by molar-refractivity contribution is 6.23. The Bertz CT molecular complexity index is 1300. The predicted molar refractivity (Wildman–Crippen MR) is 148 cm³/mol. The van der Waals surface area contributed by atoms with Crippen molar-refractivity contribution in [1.82, 2.24) is 0 Å². The van der Waals surface area contributed by atoms with Crippen LogP contribution in [-0.4, -0.2) is 31.4 Å². The standard InChI is InChI=1S/C33H33N2/c1-25(34-35(2,3)4)30(26-17-9-5-10-18-26)33(29-23-15-8-16-24-29)31(27-19-11-6-12-20-27)32(33)28-21-13-7-14-22-28/h5-24,30H,1-4H3/q+1/b34-25-/t30-/m0/s1. The Balaban J connectivity index is 1.84. The van der Waals surface area contributed by atoms with Gasteiger partial charge in [0.05, 0.1) is 32.3 Å². The van der Waals surface area contributed by atoms with E-state index in [9.17, 15) is 0 Å². The second-order valence-electron chi connectivity index (χ2n) is 10.2. The van der Waals surface area contributed by atoms with Gasteiger partial charge >= 0.3 is 0 Å². The predicted octanol–water partition coefficient (Wildman–Crippen LogP) is 7.41. The lowest BCUT2D eigenvalue weighted by Crippen LogP contribution is -2.34. The number of benzene rings is 4. The molecule has 0 aromatic heterocycles. The van der Waals surface area contributed by atoms with Crippen LogP contribution in [0.15, 0.2) is 126 Å². The molecule has 0 amide bonds. The van der Waals surface area contributed by atoms with Crippen LogP contribution in [0.5, 0.6) is 0 Å². The first-order valence-corrected chi connectivity index (χ1v) is 12.3. The maximum Gasteiger partial charge on any atom is 0.0923 e. The van der Waals surface area contributed by atoms with Gasteiger partial charge in [-0.05, 0) is 40.3 Å². The number of nitrogens with zero attached hydrogens (tertiary/aromatic N) is 2. The minimum absolute atomic E-state index is 0.0638. The first-order chi connectivity index (χ1) is 16.9. The van der Waals surface area contributed by atoms with Crippen LogP contribution in [-0.2, 0) is 5.41 Å². The summed E-state index contributed by atoms with van der Waals surface area (Å²) < 4.78 is 0.529. The zero-order chi connectivity index (χ0) is 24.5. The van der Waals surface area contributed by atoms with E-state index in [1.807, 2.05) is 0 Å². The summed E-state index contributed by atoms with van der Waals surface area (Å²) in [6.07, 6.45) is 0. The molecule has 0 bridgehead atoms. The van der Waals surface area contributed by atoms with E-state index in [0.717, 1.165) is 5.71 Å². The van der Waals surface area contributed by atoms with Crippen molar-refractivity contribution in [2.24, 2.45) is 5.10 Å². The first-order valence-electron chi connectivity index (χ1n) is 12.3. The molecule has 2 heteroatoms. The van der Waals surface area contributed by atoms with E-state index in [1.54, 1.807) is 0 Å². The number of rotatable bonds is 7. The third-order valence-corrected chi connectivity index (χ3v) is 6.77. The summed E-state index contributed by atoms with van der Waals surface area (Å²) in [7, 11) is 6.37. The Hall–Kier alpha value is -3.75. The highest BCUT2D eigenvalue weighted by Crippen LogP contribution is 2.70. The zero-order valence-corrected chi connectivity index (χ0v) is 21.0. The Morgan fingerprint density at radius 3 is 1.43 bits per heavy atom. The minimum Gasteiger partial charge on any atom is -0.205 e. The Labute approximate surface area is 209 Å². The van der Waals surface area contributed by atoms with E-state index in [1.165, 1.54) is 33.4 Å². The molecule has 35 heavy (non-hydrogen) atoms. The zero-order valence-electron chi connectivity index (χ0n) is 21.0. The number of hydrogen-bond acceptors (Lipinski definition) is 1. The smallest absolute Gasteiger partial charge is 0.0923 e. The first kappa shape index (κ1) is 23.0. The van der Waals surface area contributed by atoms with Gasteiger partial charge in [-0.2, -0.15) is 0 Å². The molecule has 0 fully saturated rings. The summed E-state index contributed by atoms with van der Waals surface area (Å²) in [5.41, 5.74) is 8.73. The van der Waals surface area contributed by atoms with Crippen LogP contribution in [0.1, 0.15) is 35.1 Å². The molecule has 0 N–H and O–H groups in total. The van der Waals surface area contributed by atoms with Crippen molar-refractivity contribution >= 4 is 16.9 Å². The molecule has 0 unspecified atom stereocenters. The second kappa shape index (κ2) is 9.13. The van der Waals surface area contributed by atoms with Gasteiger partial charge in [-0.3, -0.25) is 0 Å². The molecule has 0 heterocycles. The van der Waals surface area contributed by atoms with Crippen LogP contribution >= 0.6 is 0 Å². The van der Waals surface area contributed by atoms with E-state index in [0.29, 0.717) is 4.59 Å². The molecule has 1 aliphatic rings. The van der Waals surface area contributed by atoms with E-state index in [4.69, 9.17) is 5.10 Å². The molecule has 174 valence electrons. The van der Waals surface area contributed by atoms with E-state index >= 15 is 0 Å². The molecule has 0 saturated heterocycles. The minimum atomic E-state index is -0.311. The average Bonchev–Trinajstić information content (AvgIpc) is 3.56. The van der Waals surface area contributed by atoms with Crippen molar-refractivity contribution in [2.75, 3.05) is 21.1 Å². The van der Waals surface area contributed by atoms with Gasteiger partial charge in [0.25, 0.3) is 0 Å². The van der Waals surface area contributed by atoms with Crippen molar-refractivity contribution in [3.63, 3.8) is 0 Å². The third kappa shape index (κ3) is 4.26. The van der Waals surface area contributed by atoms with Crippen molar-refractivity contribution in [3.8, 4) is 0 Å². The number of hydrogen-bond donors (Lipinski definition) is 0. The largest absolute Gasteiger partial charge is 0.205 e. The molecule has 0 spiro atoms. The van der Waals surface area contributed by atoms with Gasteiger partial charge in [-0.15, -0.1) is 0 Å². The van der Waals surface area contributed by atoms with E-state index in [2.05, 4.69) is 149 Å². The lowest BCUT2D eigenvalue weighted by Gasteiger charge is -2.33. The summed E-state index contributed by atoms with van der Waals surface area (Å²) in [5, 5.41) is 5.20. The van der Waals surface area contributed by atoms with Gasteiger partial charge in [0.15, 0.2) is 0 Å². The molecule has 0 radical (unpaired) electrons. The summed E-state index contributed by atoms with van der Waals surface area (Å²) in [6, 6.07) is 43.7. The molecular formula is C33H33N2+. The molecule has 4 aromatic carbocycles. The van der Waals surface area contributed by atoms with Crippen LogP contribution in [0.4, 0.5) is 0 Å². The third-order valence-electron chi connectivity index (χ3n) is 6.77. The quantitative estimate of drug-likeness (QED) is 0.156. The summed E-state index contributed by atoms with van der Waals surface area (Å²) in [4.78, 5) is 0. The molecule has 0 aliphatic heterocycles. The van der Waals surface area contributed by atoms with Gasteiger partial charge in [0.2, 0.25) is 0 Å². The number of allylic oxidation sites excluding steroid dienone is 2. The maximum absolute atomic E-state index is 5.20. The van der Waals surface area contributed by atoms with Crippen LogP contribution in [0.25, 0.3) is 11.1 Å². The maximum atomic E-state index is 5.20. The van der Waals surface area contributed by atoms with Crippen LogP contribution in [0.3, 0.4) is 0 Å². The van der Waals surface area contributed by atoms with Gasteiger partial charge in [-0.1, -0.05) is 126 Å². The van der Waals surface area contributed by atoms with E-state index in [-0.39, 0.29) is 11.3 Å². The van der Waals surface area contributed by atoms with Gasteiger partial charge in [0.1, 0.15) is 0 Å². The average molecular weight is 458 g/mol. The molecule has 5 rings (SSSR count). The van der Waals surface area contributed by atoms with Crippen molar-refractivity contribution in [2.45, 2.75) is 18.3 Å². The van der Waals surface area contributed by atoms with Crippen molar-refractivity contribution in [1.29, 1.82) is 0 Å². The fourth-order valence-corrected chi connectivity index (χ4v) is 5.68. The highest BCUT2D eigenvalue weighted by Gasteiger charge is 2.61. The molecular weight excluding hydrogens is 424 g/mol. The molecule has 1 atom stereocenters. The molecule has 0 saturated carbocycles. The van der Waals surface area contributed by atoms with Gasteiger partial charge in [0, 0.05) is 5.92 Å². The topological polar surface area (TPSA) is 12.4 Å². The fraction of sp³-hybridized carbons (Fsp3) is 0.182. The molecule has 2 nitrogen and oxygen atoms in total. The normalized spacial score (nSPS) is 16.2. The lowest BCUT2D eigenvalue weighted by molar-refractivity contribution is -0.877. The summed E-state index contributed by atoms with van der Waals surface area (Å²) >= 11 is 0. The number of quaternary nitrogens is 1. The lowest BCUT2D eigenvalue weighted by atomic mass is 9.69. The second-order valence-corrected chi connectivity index (χ2v) is 10.2. The molecule has 4 aromatic rings. The fourth-order valence-electron chi connectivity index (χ4n) is 5.68. The van der Waals surface area contributed by atoms with E-state index < -0.39 is 0 Å². The van der Waals surface area contributed by atoms with Crippen LogP contribution in [0.2, 0.25) is 0 Å².